The van der Waals surface area contributed by atoms with Gasteiger partial charge in [-0.15, -0.1) is 0 Å². The van der Waals surface area contributed by atoms with Crippen LogP contribution in [0.3, 0.4) is 0 Å². The van der Waals surface area contributed by atoms with Gasteiger partial charge < -0.3 is 5.32 Å². The lowest BCUT2D eigenvalue weighted by molar-refractivity contribution is 0.142. The first kappa shape index (κ1) is 14.3. The second kappa shape index (κ2) is 5.12. The van der Waals surface area contributed by atoms with Gasteiger partial charge in [0.2, 0.25) is 0 Å². The quantitative estimate of drug-likeness (QED) is 0.858. The molecule has 0 radical (unpaired) electrons. The second-order valence-corrected chi connectivity index (χ2v) is 9.02. The zero-order valence-electron chi connectivity index (χ0n) is 11.9. The summed E-state index contributed by atoms with van der Waals surface area (Å²) in [5, 5.41) is 3.30. The number of hydrogen-bond acceptors (Lipinski definition) is 3. The summed E-state index contributed by atoms with van der Waals surface area (Å²) in [5.41, 5.74) is 0.358. The zero-order chi connectivity index (χ0) is 13.4. The Morgan fingerprint density at radius 1 is 1.22 bits per heavy atom. The summed E-state index contributed by atoms with van der Waals surface area (Å²) in [5.74, 6) is 0.601. The van der Waals surface area contributed by atoms with E-state index in [-0.39, 0.29) is 5.25 Å². The molecule has 2 aliphatic carbocycles. The van der Waals surface area contributed by atoms with Crippen LogP contribution >= 0.6 is 0 Å². The topological polar surface area (TPSA) is 46.2 Å². The van der Waals surface area contributed by atoms with Crippen LogP contribution in [0.4, 0.5) is 0 Å². The summed E-state index contributed by atoms with van der Waals surface area (Å²) in [4.78, 5) is 0. The van der Waals surface area contributed by atoms with Gasteiger partial charge in [0.05, 0.1) is 5.25 Å². The lowest BCUT2D eigenvalue weighted by atomic mass is 9.68. The van der Waals surface area contributed by atoms with Crippen molar-refractivity contribution in [2.75, 3.05) is 13.3 Å². The van der Waals surface area contributed by atoms with Crippen molar-refractivity contribution in [1.29, 1.82) is 0 Å². The van der Waals surface area contributed by atoms with Crippen molar-refractivity contribution >= 4 is 9.84 Å². The van der Waals surface area contributed by atoms with E-state index in [4.69, 9.17) is 0 Å². The highest BCUT2D eigenvalue weighted by Gasteiger charge is 2.43. The Morgan fingerprint density at radius 2 is 1.94 bits per heavy atom. The van der Waals surface area contributed by atoms with Gasteiger partial charge >= 0.3 is 0 Å². The van der Waals surface area contributed by atoms with Crippen LogP contribution in [-0.2, 0) is 9.84 Å². The minimum absolute atomic E-state index is 0.0817. The third-order valence-electron chi connectivity index (χ3n) is 5.40. The van der Waals surface area contributed by atoms with Gasteiger partial charge in [-0.25, -0.2) is 8.42 Å². The molecule has 4 unspecified atom stereocenters. The fourth-order valence-electron chi connectivity index (χ4n) is 4.05. The molecule has 0 aliphatic heterocycles. The highest BCUT2D eigenvalue weighted by Crippen LogP contribution is 2.49. The SMILES string of the molecule is CNC1CCC(C)(C2CCCC(S(C)(=O)=O)C2)C1. The van der Waals surface area contributed by atoms with Gasteiger partial charge in [0, 0.05) is 12.3 Å². The van der Waals surface area contributed by atoms with Crippen molar-refractivity contribution in [3.05, 3.63) is 0 Å². The Morgan fingerprint density at radius 3 is 2.50 bits per heavy atom. The fourth-order valence-corrected chi connectivity index (χ4v) is 5.23. The Bertz CT molecular complexity index is 393. The van der Waals surface area contributed by atoms with Gasteiger partial charge in [0.15, 0.2) is 0 Å². The van der Waals surface area contributed by atoms with Crippen LogP contribution in [0.5, 0.6) is 0 Å². The highest BCUT2D eigenvalue weighted by atomic mass is 32.2. The van der Waals surface area contributed by atoms with Gasteiger partial charge in [-0.2, -0.15) is 0 Å². The molecule has 0 heterocycles. The average Bonchev–Trinajstić information content (AvgIpc) is 2.72. The lowest BCUT2D eigenvalue weighted by Crippen LogP contribution is -2.36. The van der Waals surface area contributed by atoms with Crippen molar-refractivity contribution in [2.45, 2.75) is 63.2 Å². The first-order valence-electron chi connectivity index (χ1n) is 7.21. The summed E-state index contributed by atoms with van der Waals surface area (Å²) >= 11 is 0. The van der Waals surface area contributed by atoms with Crippen LogP contribution in [0, 0.1) is 11.3 Å². The average molecular weight is 273 g/mol. The minimum atomic E-state index is -2.85. The predicted octanol–water partition coefficient (Wildman–Crippen LogP) is 2.37. The van der Waals surface area contributed by atoms with Gasteiger partial charge in [-0.1, -0.05) is 13.3 Å². The molecule has 4 atom stereocenters. The maximum absolute atomic E-state index is 11.8. The van der Waals surface area contributed by atoms with E-state index >= 15 is 0 Å². The molecule has 0 amide bonds. The number of nitrogens with one attached hydrogen (secondary N) is 1. The Labute approximate surface area is 112 Å². The molecule has 1 N–H and O–H groups in total. The Kier molecular flexibility index (Phi) is 4.07. The van der Waals surface area contributed by atoms with Crippen molar-refractivity contribution in [3.8, 4) is 0 Å². The van der Waals surface area contributed by atoms with E-state index < -0.39 is 9.84 Å². The fraction of sp³-hybridized carbons (Fsp3) is 1.00. The first-order valence-corrected chi connectivity index (χ1v) is 9.17. The Balaban J connectivity index is 2.05. The summed E-state index contributed by atoms with van der Waals surface area (Å²) < 4.78 is 23.5. The minimum Gasteiger partial charge on any atom is -0.317 e. The molecule has 2 aliphatic rings. The van der Waals surface area contributed by atoms with E-state index in [1.54, 1.807) is 0 Å². The van der Waals surface area contributed by atoms with Gasteiger partial charge in [0.1, 0.15) is 9.84 Å². The molecule has 0 aromatic rings. The smallest absolute Gasteiger partial charge is 0.150 e. The van der Waals surface area contributed by atoms with Gasteiger partial charge in [-0.3, -0.25) is 0 Å². The molecule has 2 rings (SSSR count). The predicted molar refractivity (Wildman–Crippen MR) is 75.4 cm³/mol. The van der Waals surface area contributed by atoms with Gasteiger partial charge in [0.25, 0.3) is 0 Å². The van der Waals surface area contributed by atoms with E-state index in [1.807, 2.05) is 7.05 Å². The van der Waals surface area contributed by atoms with E-state index in [1.165, 1.54) is 31.9 Å². The molecule has 0 spiro atoms. The highest BCUT2D eigenvalue weighted by molar-refractivity contribution is 7.91. The van der Waals surface area contributed by atoms with Crippen LogP contribution in [0.25, 0.3) is 0 Å². The molecule has 3 nitrogen and oxygen atoms in total. The standard InChI is InChI=1S/C14H27NO2S/c1-14(8-7-12(10-14)15-2)11-5-4-6-13(9-11)18(3,16)17/h11-13,15H,4-10H2,1-3H3. The number of sulfone groups is 1. The van der Waals surface area contributed by atoms with Crippen molar-refractivity contribution in [2.24, 2.45) is 11.3 Å². The summed E-state index contributed by atoms with van der Waals surface area (Å²) in [6, 6.07) is 0.633. The maximum atomic E-state index is 11.8. The number of hydrogen-bond donors (Lipinski definition) is 1. The third-order valence-corrected chi connectivity index (χ3v) is 7.04. The normalized spacial score (nSPS) is 42.1. The third kappa shape index (κ3) is 2.90. The monoisotopic (exact) mass is 273 g/mol. The van der Waals surface area contributed by atoms with E-state index in [0.717, 1.165) is 19.3 Å². The number of rotatable bonds is 3. The summed E-state index contributed by atoms with van der Waals surface area (Å²) in [7, 11) is -0.812. The molecule has 4 heteroatoms. The molecule has 0 aromatic carbocycles. The largest absolute Gasteiger partial charge is 0.317 e. The van der Waals surface area contributed by atoms with E-state index in [2.05, 4.69) is 12.2 Å². The lowest BCUT2D eigenvalue weighted by Gasteiger charge is -2.39. The van der Waals surface area contributed by atoms with Crippen LogP contribution < -0.4 is 5.32 Å². The molecule has 0 bridgehead atoms. The molecule has 0 aromatic heterocycles. The molecule has 18 heavy (non-hydrogen) atoms. The van der Waals surface area contributed by atoms with Crippen molar-refractivity contribution in [1.82, 2.24) is 5.32 Å². The van der Waals surface area contributed by atoms with Crippen molar-refractivity contribution < 1.29 is 8.42 Å². The molecule has 2 saturated carbocycles. The molecule has 0 saturated heterocycles. The molecular weight excluding hydrogens is 246 g/mol. The van der Waals surface area contributed by atoms with Crippen LogP contribution in [0.1, 0.15) is 51.9 Å². The van der Waals surface area contributed by atoms with Crippen molar-refractivity contribution in [3.63, 3.8) is 0 Å². The summed E-state index contributed by atoms with van der Waals surface area (Å²) in [6.45, 7) is 2.37. The van der Waals surface area contributed by atoms with Crippen LogP contribution in [-0.4, -0.2) is 33.0 Å². The maximum Gasteiger partial charge on any atom is 0.150 e. The van der Waals surface area contributed by atoms with Gasteiger partial charge in [-0.05, 0) is 56.9 Å². The second-order valence-electron chi connectivity index (χ2n) is 6.70. The van der Waals surface area contributed by atoms with Crippen LogP contribution in [0.15, 0.2) is 0 Å². The Hall–Kier alpha value is -0.0900. The molecular formula is C14H27NO2S. The summed E-state index contributed by atoms with van der Waals surface area (Å²) in [6.07, 6.45) is 9.19. The zero-order valence-corrected chi connectivity index (χ0v) is 12.7. The van der Waals surface area contributed by atoms with Crippen LogP contribution in [0.2, 0.25) is 0 Å². The molecule has 106 valence electrons. The van der Waals surface area contributed by atoms with E-state index in [0.29, 0.717) is 17.4 Å². The molecule has 2 fully saturated rings. The first-order chi connectivity index (χ1) is 8.35. The van der Waals surface area contributed by atoms with E-state index in [9.17, 15) is 8.42 Å².